The van der Waals surface area contributed by atoms with Gasteiger partial charge < -0.3 is 19.7 Å². The van der Waals surface area contributed by atoms with Crippen molar-refractivity contribution < 1.29 is 19.7 Å². The Kier molecular flexibility index (Phi) is 7.96. The Bertz CT molecular complexity index is 972. The molecule has 4 rings (SSSR count). The highest BCUT2D eigenvalue weighted by Crippen LogP contribution is 2.43. The molecule has 0 radical (unpaired) electrons. The van der Waals surface area contributed by atoms with Crippen LogP contribution in [0.15, 0.2) is 60.7 Å². The van der Waals surface area contributed by atoms with Gasteiger partial charge in [0.25, 0.3) is 0 Å². The Hall–Kier alpha value is -1.80. The first kappa shape index (κ1) is 27.2. The van der Waals surface area contributed by atoms with Crippen molar-refractivity contribution in [1.29, 1.82) is 0 Å². The zero-order chi connectivity index (χ0) is 26.1. The first-order chi connectivity index (χ1) is 17.0. The molecule has 2 saturated heterocycles. The fraction of sp³-hybridized carbons (Fsp3) is 0.600. The van der Waals surface area contributed by atoms with Gasteiger partial charge in [-0.1, -0.05) is 102 Å². The monoisotopic (exact) mass is 496 g/mol. The van der Waals surface area contributed by atoms with Crippen LogP contribution in [-0.2, 0) is 22.6 Å². The number of rotatable bonds is 7. The van der Waals surface area contributed by atoms with Crippen molar-refractivity contribution in [2.45, 2.75) is 84.8 Å². The number of hydrogen-bond acceptors (Lipinski definition) is 6. The summed E-state index contributed by atoms with van der Waals surface area (Å²) < 4.78 is 12.7. The molecule has 2 fully saturated rings. The third kappa shape index (κ3) is 5.40. The van der Waals surface area contributed by atoms with Crippen LogP contribution in [0.3, 0.4) is 0 Å². The zero-order valence-corrected chi connectivity index (χ0v) is 22.7. The molecule has 6 heteroatoms. The van der Waals surface area contributed by atoms with E-state index in [-0.39, 0.29) is 42.5 Å². The molecule has 0 amide bonds. The molecule has 0 bridgehead atoms. The van der Waals surface area contributed by atoms with Crippen LogP contribution in [0.4, 0.5) is 0 Å². The Balaban J connectivity index is 1.70. The number of aliphatic hydroxyl groups excluding tert-OH is 2. The van der Waals surface area contributed by atoms with Gasteiger partial charge in [-0.3, -0.25) is 9.80 Å². The molecule has 2 aliphatic heterocycles. The quantitative estimate of drug-likeness (QED) is 0.597. The molecule has 36 heavy (non-hydrogen) atoms. The van der Waals surface area contributed by atoms with Gasteiger partial charge in [0.1, 0.15) is 12.5 Å². The van der Waals surface area contributed by atoms with Crippen LogP contribution in [0.5, 0.6) is 0 Å². The molecule has 0 aromatic heterocycles. The Morgan fingerprint density at radius 1 is 0.833 bits per heavy atom. The van der Waals surface area contributed by atoms with E-state index < -0.39 is 11.6 Å². The second kappa shape index (κ2) is 10.5. The molecule has 0 aliphatic carbocycles. The highest BCUT2D eigenvalue weighted by molar-refractivity contribution is 5.19. The minimum atomic E-state index is -0.955. The Morgan fingerprint density at radius 3 is 1.86 bits per heavy atom. The molecule has 5 atom stereocenters. The molecule has 2 aromatic carbocycles. The van der Waals surface area contributed by atoms with Crippen molar-refractivity contribution in [2.24, 2.45) is 10.8 Å². The van der Waals surface area contributed by atoms with Crippen molar-refractivity contribution in [3.05, 3.63) is 71.8 Å². The number of ether oxygens (including phenoxy) is 2. The Labute approximate surface area is 216 Å². The standard InChI is InChI=1S/C30H44N2O4/c1-28(2,3)26-31(17-22-13-9-7-10-14-22)24(19-35-26)25(34)30(20-33)21-36-27(29(4,5)6)32(30)18-23-15-11-8-12-16-23/h7-16,24-27,33-34H,17-21H2,1-6H3/t24-,25?,26+,27+,30+/m0/s1. The molecule has 2 aliphatic rings. The van der Waals surface area contributed by atoms with Crippen molar-refractivity contribution in [1.82, 2.24) is 9.80 Å². The summed E-state index contributed by atoms with van der Waals surface area (Å²) in [5.41, 5.74) is 1.00. The summed E-state index contributed by atoms with van der Waals surface area (Å²) in [4.78, 5) is 4.47. The van der Waals surface area contributed by atoms with Gasteiger partial charge in [0, 0.05) is 23.9 Å². The van der Waals surface area contributed by atoms with Crippen LogP contribution in [0.2, 0.25) is 0 Å². The first-order valence-electron chi connectivity index (χ1n) is 13.1. The van der Waals surface area contributed by atoms with Crippen molar-refractivity contribution >= 4 is 0 Å². The smallest absolute Gasteiger partial charge is 0.116 e. The molecule has 0 spiro atoms. The summed E-state index contributed by atoms with van der Waals surface area (Å²) in [6, 6.07) is 20.3. The predicted molar refractivity (Wildman–Crippen MR) is 142 cm³/mol. The first-order valence-corrected chi connectivity index (χ1v) is 13.1. The lowest BCUT2D eigenvalue weighted by Gasteiger charge is -2.47. The highest BCUT2D eigenvalue weighted by Gasteiger charge is 2.59. The van der Waals surface area contributed by atoms with Gasteiger partial charge >= 0.3 is 0 Å². The van der Waals surface area contributed by atoms with Crippen LogP contribution in [0.1, 0.15) is 52.7 Å². The maximum absolute atomic E-state index is 12.2. The fourth-order valence-corrected chi connectivity index (χ4v) is 5.78. The average molecular weight is 497 g/mol. The molecule has 0 saturated carbocycles. The lowest BCUT2D eigenvalue weighted by atomic mass is 9.84. The van der Waals surface area contributed by atoms with Gasteiger partial charge in [-0.15, -0.1) is 0 Å². The van der Waals surface area contributed by atoms with Crippen molar-refractivity contribution in [3.63, 3.8) is 0 Å². The summed E-state index contributed by atoms with van der Waals surface area (Å²) in [5, 5.41) is 23.1. The molecule has 2 N–H and O–H groups in total. The molecular weight excluding hydrogens is 452 g/mol. The molecule has 2 aromatic rings. The topological polar surface area (TPSA) is 65.4 Å². The van der Waals surface area contributed by atoms with Gasteiger partial charge in [-0.25, -0.2) is 0 Å². The highest BCUT2D eigenvalue weighted by atomic mass is 16.5. The molecule has 1 unspecified atom stereocenters. The lowest BCUT2D eigenvalue weighted by Crippen LogP contribution is -2.66. The van der Waals surface area contributed by atoms with Crippen LogP contribution in [0, 0.1) is 10.8 Å². The number of aliphatic hydroxyl groups is 2. The second-order valence-electron chi connectivity index (χ2n) is 12.6. The number of nitrogens with zero attached hydrogens (tertiary/aromatic N) is 2. The third-order valence-electron chi connectivity index (χ3n) is 7.57. The summed E-state index contributed by atoms with van der Waals surface area (Å²) >= 11 is 0. The SMILES string of the molecule is CC(C)(C)[C@H]1OC[C@@H](C(O)[C@@]2(CO)CO[C@H](C(C)(C)C)N2Cc2ccccc2)N1Cc1ccccc1. The van der Waals surface area contributed by atoms with Gasteiger partial charge in [-0.05, 0) is 11.1 Å². The maximum Gasteiger partial charge on any atom is 0.116 e. The second-order valence-corrected chi connectivity index (χ2v) is 12.6. The normalized spacial score (nSPS) is 29.1. The van der Waals surface area contributed by atoms with E-state index in [1.54, 1.807) is 0 Å². The van der Waals surface area contributed by atoms with Crippen molar-refractivity contribution in [2.75, 3.05) is 19.8 Å². The summed E-state index contributed by atoms with van der Waals surface area (Å²) in [5.74, 6) is 0. The maximum atomic E-state index is 12.2. The van der Waals surface area contributed by atoms with Crippen molar-refractivity contribution in [3.8, 4) is 0 Å². The van der Waals surface area contributed by atoms with Gasteiger partial charge in [-0.2, -0.15) is 0 Å². The van der Waals surface area contributed by atoms with E-state index >= 15 is 0 Å². The summed E-state index contributed by atoms with van der Waals surface area (Å²) in [6.45, 7) is 14.6. The largest absolute Gasteiger partial charge is 0.394 e. The molecule has 6 nitrogen and oxygen atoms in total. The minimum Gasteiger partial charge on any atom is -0.394 e. The third-order valence-corrected chi connectivity index (χ3v) is 7.57. The van der Waals surface area contributed by atoms with Gasteiger partial charge in [0.2, 0.25) is 0 Å². The predicted octanol–water partition coefficient (Wildman–Crippen LogP) is 4.26. The minimum absolute atomic E-state index is 0.139. The van der Waals surface area contributed by atoms with E-state index in [0.717, 1.165) is 5.56 Å². The van der Waals surface area contributed by atoms with E-state index in [4.69, 9.17) is 9.47 Å². The van der Waals surface area contributed by atoms with Crippen LogP contribution in [-0.4, -0.2) is 70.0 Å². The lowest BCUT2D eigenvalue weighted by molar-refractivity contribution is -0.110. The number of hydrogen-bond donors (Lipinski definition) is 2. The van der Waals surface area contributed by atoms with E-state index in [2.05, 4.69) is 75.6 Å². The van der Waals surface area contributed by atoms with E-state index in [0.29, 0.717) is 19.7 Å². The summed E-state index contributed by atoms with van der Waals surface area (Å²) in [6.07, 6.45) is -1.28. The molecule has 2 heterocycles. The van der Waals surface area contributed by atoms with Crippen LogP contribution >= 0.6 is 0 Å². The van der Waals surface area contributed by atoms with Crippen LogP contribution < -0.4 is 0 Å². The van der Waals surface area contributed by atoms with Gasteiger partial charge in [0.15, 0.2) is 0 Å². The Morgan fingerprint density at radius 2 is 1.36 bits per heavy atom. The van der Waals surface area contributed by atoms with E-state index in [1.807, 2.05) is 36.4 Å². The summed E-state index contributed by atoms with van der Waals surface area (Å²) in [7, 11) is 0. The number of benzene rings is 2. The molecular formula is C30H44N2O4. The average Bonchev–Trinajstić information content (AvgIpc) is 3.42. The van der Waals surface area contributed by atoms with Crippen LogP contribution in [0.25, 0.3) is 0 Å². The van der Waals surface area contributed by atoms with Gasteiger partial charge in [0.05, 0.1) is 37.5 Å². The fourth-order valence-electron chi connectivity index (χ4n) is 5.78. The van der Waals surface area contributed by atoms with E-state index in [9.17, 15) is 10.2 Å². The zero-order valence-electron chi connectivity index (χ0n) is 22.7. The van der Waals surface area contributed by atoms with E-state index in [1.165, 1.54) is 5.56 Å². The molecule has 198 valence electrons.